The van der Waals surface area contributed by atoms with Gasteiger partial charge in [-0.1, -0.05) is 41.4 Å². The third-order valence-electron chi connectivity index (χ3n) is 3.13. The second-order valence-electron chi connectivity index (χ2n) is 4.76. The molecule has 0 aliphatic carbocycles. The largest absolute Gasteiger partial charge is 0.490 e. The van der Waals surface area contributed by atoms with Crippen molar-refractivity contribution in [2.75, 3.05) is 20.3 Å². The number of carbonyl (C=O) groups excluding carboxylic acids is 1. The lowest BCUT2D eigenvalue weighted by atomic mass is 10.1. The molecule has 122 valence electrons. The number of ether oxygens (including phenoxy) is 2. The predicted octanol–water partition coefficient (Wildman–Crippen LogP) is 3.95. The first kappa shape index (κ1) is 17.6. The minimum atomic E-state index is -0.232. The number of halogens is 2. The first-order valence-corrected chi connectivity index (χ1v) is 7.80. The topological polar surface area (TPSA) is 47.6 Å². The van der Waals surface area contributed by atoms with Crippen LogP contribution in [0.5, 0.6) is 5.75 Å². The number of benzene rings is 2. The zero-order chi connectivity index (χ0) is 16.7. The first-order valence-electron chi connectivity index (χ1n) is 7.04. The maximum Gasteiger partial charge on any atom is 0.255 e. The molecule has 0 saturated heterocycles. The highest BCUT2D eigenvalue weighted by Gasteiger charge is 2.12. The zero-order valence-corrected chi connectivity index (χ0v) is 14.2. The minimum Gasteiger partial charge on any atom is -0.490 e. The van der Waals surface area contributed by atoms with Crippen molar-refractivity contribution in [3.05, 3.63) is 63.6 Å². The van der Waals surface area contributed by atoms with Crippen LogP contribution in [-0.4, -0.2) is 26.2 Å². The number of amides is 1. The Morgan fingerprint density at radius 2 is 1.91 bits per heavy atom. The lowest BCUT2D eigenvalue weighted by molar-refractivity contribution is 0.0943. The average molecular weight is 354 g/mol. The van der Waals surface area contributed by atoms with E-state index in [-0.39, 0.29) is 5.91 Å². The molecular weight excluding hydrogens is 337 g/mol. The van der Waals surface area contributed by atoms with E-state index in [0.717, 1.165) is 5.56 Å². The molecule has 0 spiro atoms. The Kier molecular flexibility index (Phi) is 6.71. The normalized spacial score (nSPS) is 10.4. The highest BCUT2D eigenvalue weighted by molar-refractivity contribution is 6.35. The number of hydrogen-bond donors (Lipinski definition) is 1. The fourth-order valence-corrected chi connectivity index (χ4v) is 2.43. The Balaban J connectivity index is 2.03. The molecule has 0 fully saturated rings. The van der Waals surface area contributed by atoms with Crippen LogP contribution in [0.1, 0.15) is 15.9 Å². The van der Waals surface area contributed by atoms with Crippen LogP contribution in [0.2, 0.25) is 10.0 Å². The van der Waals surface area contributed by atoms with Crippen LogP contribution in [0.3, 0.4) is 0 Å². The summed E-state index contributed by atoms with van der Waals surface area (Å²) in [5.41, 5.74) is 1.26. The van der Waals surface area contributed by atoms with Crippen molar-refractivity contribution in [2.24, 2.45) is 0 Å². The van der Waals surface area contributed by atoms with E-state index in [1.165, 1.54) is 0 Å². The predicted molar refractivity (Wildman–Crippen MR) is 91.4 cm³/mol. The van der Waals surface area contributed by atoms with E-state index in [4.69, 9.17) is 32.7 Å². The van der Waals surface area contributed by atoms with Gasteiger partial charge in [-0.25, -0.2) is 0 Å². The van der Waals surface area contributed by atoms with Crippen molar-refractivity contribution in [1.82, 2.24) is 5.32 Å². The van der Waals surface area contributed by atoms with E-state index in [1.807, 2.05) is 6.07 Å². The van der Waals surface area contributed by atoms with Crippen LogP contribution in [0.4, 0.5) is 0 Å². The number of hydrogen-bond acceptors (Lipinski definition) is 3. The summed E-state index contributed by atoms with van der Waals surface area (Å²) in [6, 6.07) is 12.2. The molecular formula is C17H17Cl2NO3. The summed E-state index contributed by atoms with van der Waals surface area (Å²) in [6.07, 6.45) is 0. The van der Waals surface area contributed by atoms with E-state index in [1.54, 1.807) is 43.5 Å². The zero-order valence-electron chi connectivity index (χ0n) is 12.6. The Morgan fingerprint density at radius 3 is 2.65 bits per heavy atom. The van der Waals surface area contributed by atoms with Crippen LogP contribution in [0.25, 0.3) is 0 Å². The number of carbonyl (C=O) groups is 1. The van der Waals surface area contributed by atoms with Gasteiger partial charge in [0.15, 0.2) is 0 Å². The van der Waals surface area contributed by atoms with Gasteiger partial charge in [0.05, 0.1) is 12.2 Å². The van der Waals surface area contributed by atoms with Gasteiger partial charge in [0, 0.05) is 23.7 Å². The summed E-state index contributed by atoms with van der Waals surface area (Å²) in [5.74, 6) is 0.285. The summed E-state index contributed by atoms with van der Waals surface area (Å²) >= 11 is 12.0. The SMILES string of the molecule is COCCOc1ccccc1C(=O)NCc1ccc(Cl)cc1Cl. The summed E-state index contributed by atoms with van der Waals surface area (Å²) in [6.45, 7) is 1.14. The Bertz CT molecular complexity index is 677. The molecule has 0 heterocycles. The average Bonchev–Trinajstić information content (AvgIpc) is 2.54. The molecule has 0 bridgehead atoms. The van der Waals surface area contributed by atoms with Crippen molar-refractivity contribution in [3.63, 3.8) is 0 Å². The van der Waals surface area contributed by atoms with Gasteiger partial charge in [0.25, 0.3) is 5.91 Å². The Labute approximate surface area is 145 Å². The van der Waals surface area contributed by atoms with Crippen molar-refractivity contribution < 1.29 is 14.3 Å². The van der Waals surface area contributed by atoms with Gasteiger partial charge in [-0.2, -0.15) is 0 Å². The number of rotatable bonds is 7. The highest BCUT2D eigenvalue weighted by atomic mass is 35.5. The molecule has 0 unspecified atom stereocenters. The number of methoxy groups -OCH3 is 1. The quantitative estimate of drug-likeness (QED) is 0.766. The fraction of sp³-hybridized carbons (Fsp3) is 0.235. The first-order chi connectivity index (χ1) is 11.1. The monoisotopic (exact) mass is 353 g/mol. The maximum atomic E-state index is 12.4. The molecule has 0 radical (unpaired) electrons. The summed E-state index contributed by atoms with van der Waals surface area (Å²) in [5, 5.41) is 3.90. The molecule has 0 saturated carbocycles. The Morgan fingerprint density at radius 1 is 1.13 bits per heavy atom. The molecule has 4 nitrogen and oxygen atoms in total. The van der Waals surface area contributed by atoms with Gasteiger partial charge in [0.1, 0.15) is 12.4 Å². The maximum absolute atomic E-state index is 12.4. The van der Waals surface area contributed by atoms with Crippen molar-refractivity contribution in [2.45, 2.75) is 6.54 Å². The lowest BCUT2D eigenvalue weighted by Crippen LogP contribution is -2.23. The second-order valence-corrected chi connectivity index (χ2v) is 5.60. The molecule has 1 N–H and O–H groups in total. The fourth-order valence-electron chi connectivity index (χ4n) is 1.95. The van der Waals surface area contributed by atoms with E-state index in [2.05, 4.69) is 5.32 Å². The van der Waals surface area contributed by atoms with Gasteiger partial charge < -0.3 is 14.8 Å². The van der Waals surface area contributed by atoms with E-state index in [9.17, 15) is 4.79 Å². The molecule has 1 amide bonds. The highest BCUT2D eigenvalue weighted by Crippen LogP contribution is 2.22. The number of para-hydroxylation sites is 1. The van der Waals surface area contributed by atoms with E-state index in [0.29, 0.717) is 41.1 Å². The van der Waals surface area contributed by atoms with Crippen LogP contribution in [-0.2, 0) is 11.3 Å². The van der Waals surface area contributed by atoms with E-state index < -0.39 is 0 Å². The number of nitrogens with one attached hydrogen (secondary N) is 1. The minimum absolute atomic E-state index is 0.232. The second kappa shape index (κ2) is 8.77. The third-order valence-corrected chi connectivity index (χ3v) is 3.72. The van der Waals surface area contributed by atoms with Gasteiger partial charge >= 0.3 is 0 Å². The van der Waals surface area contributed by atoms with Gasteiger partial charge in [-0.05, 0) is 29.8 Å². The van der Waals surface area contributed by atoms with Gasteiger partial charge in [-0.15, -0.1) is 0 Å². The molecule has 0 aliphatic heterocycles. The van der Waals surface area contributed by atoms with Crippen molar-refractivity contribution in [1.29, 1.82) is 0 Å². The molecule has 2 rings (SSSR count). The van der Waals surface area contributed by atoms with E-state index >= 15 is 0 Å². The smallest absolute Gasteiger partial charge is 0.255 e. The van der Waals surface area contributed by atoms with Crippen LogP contribution >= 0.6 is 23.2 Å². The van der Waals surface area contributed by atoms with Crippen LogP contribution < -0.4 is 10.1 Å². The van der Waals surface area contributed by atoms with Crippen molar-refractivity contribution in [3.8, 4) is 5.75 Å². The summed E-state index contributed by atoms with van der Waals surface area (Å²) in [7, 11) is 1.60. The standard InChI is InChI=1S/C17H17Cl2NO3/c1-22-8-9-23-16-5-3-2-4-14(16)17(21)20-11-12-6-7-13(18)10-15(12)19/h2-7,10H,8-9,11H2,1H3,(H,20,21). The summed E-state index contributed by atoms with van der Waals surface area (Å²) in [4.78, 5) is 12.4. The lowest BCUT2D eigenvalue weighted by Gasteiger charge is -2.12. The molecule has 6 heteroatoms. The van der Waals surface area contributed by atoms with Crippen LogP contribution in [0.15, 0.2) is 42.5 Å². The van der Waals surface area contributed by atoms with Crippen molar-refractivity contribution >= 4 is 29.1 Å². The molecule has 2 aromatic rings. The van der Waals surface area contributed by atoms with Gasteiger partial charge in [-0.3, -0.25) is 4.79 Å². The molecule has 0 aromatic heterocycles. The summed E-state index contributed by atoms with van der Waals surface area (Å²) < 4.78 is 10.5. The molecule has 23 heavy (non-hydrogen) atoms. The molecule has 2 aromatic carbocycles. The molecule has 0 atom stereocenters. The third kappa shape index (κ3) is 5.13. The molecule has 0 aliphatic rings. The Hall–Kier alpha value is -1.75. The van der Waals surface area contributed by atoms with Crippen LogP contribution in [0, 0.1) is 0 Å². The van der Waals surface area contributed by atoms with Gasteiger partial charge in [0.2, 0.25) is 0 Å².